The Hall–Kier alpha value is -4.26. The molecule has 3 saturated heterocycles. The van der Waals surface area contributed by atoms with Gasteiger partial charge < -0.3 is 19.5 Å². The minimum atomic E-state index is -1.10. The van der Waals surface area contributed by atoms with Gasteiger partial charge in [0.05, 0.1) is 48.4 Å². The van der Waals surface area contributed by atoms with E-state index in [-0.39, 0.29) is 24.0 Å². The number of hydrogen-bond donors (Lipinski definition) is 2. The molecule has 1 spiro atoms. The van der Waals surface area contributed by atoms with Crippen LogP contribution in [0, 0.1) is 5.82 Å². The number of ether oxygens (including phenoxy) is 2. The van der Waals surface area contributed by atoms with Gasteiger partial charge in [0.1, 0.15) is 30.0 Å². The molecule has 2 aromatic carbocycles. The molecule has 3 aromatic heterocycles. The summed E-state index contributed by atoms with van der Waals surface area (Å²) in [7, 11) is 0. The minimum absolute atomic E-state index is 0.218. The van der Waals surface area contributed by atoms with Crippen molar-refractivity contribution in [1.82, 2.24) is 30.0 Å². The van der Waals surface area contributed by atoms with Gasteiger partial charge in [-0.2, -0.15) is 15.1 Å². The summed E-state index contributed by atoms with van der Waals surface area (Å²) in [4.78, 5) is 19.8. The van der Waals surface area contributed by atoms with Crippen LogP contribution in [0.5, 0.6) is 6.01 Å². The molecule has 4 fully saturated rings. The van der Waals surface area contributed by atoms with Crippen LogP contribution in [0.4, 0.5) is 14.6 Å². The van der Waals surface area contributed by atoms with E-state index in [1.165, 1.54) is 0 Å². The van der Waals surface area contributed by atoms with Gasteiger partial charge in [-0.25, -0.2) is 8.78 Å². The van der Waals surface area contributed by atoms with Gasteiger partial charge >= 0.3 is 6.01 Å². The number of hydrogen-bond acceptors (Lipinski definition) is 9. The Morgan fingerprint density at radius 1 is 1.14 bits per heavy atom. The number of rotatable bonds is 6. The number of halogens is 2. The first-order chi connectivity index (χ1) is 24.7. The number of pyridine rings is 1. The fourth-order valence-corrected chi connectivity index (χ4v) is 9.77. The van der Waals surface area contributed by atoms with Crippen molar-refractivity contribution < 1.29 is 23.4 Å². The van der Waals surface area contributed by atoms with Gasteiger partial charge in [0.25, 0.3) is 0 Å². The summed E-state index contributed by atoms with van der Waals surface area (Å²) in [5.41, 5.74) is 5.11. The fourth-order valence-electron chi connectivity index (χ4n) is 9.77. The summed E-state index contributed by atoms with van der Waals surface area (Å²) in [6.45, 7) is 6.89. The van der Waals surface area contributed by atoms with Crippen LogP contribution in [0.3, 0.4) is 0 Å². The molecule has 5 aromatic rings. The van der Waals surface area contributed by atoms with Gasteiger partial charge in [0, 0.05) is 47.6 Å². The van der Waals surface area contributed by atoms with E-state index in [1.54, 1.807) is 13.0 Å². The van der Waals surface area contributed by atoms with E-state index in [4.69, 9.17) is 24.4 Å². The zero-order chi connectivity index (χ0) is 34.7. The van der Waals surface area contributed by atoms with E-state index >= 15 is 4.39 Å². The number of aliphatic hydroxyl groups is 1. The number of aromatic nitrogens is 5. The Bertz CT molecular complexity index is 2240. The zero-order valence-electron chi connectivity index (χ0n) is 28.9. The Balaban J connectivity index is 1.18. The number of nitrogens with zero attached hydrogens (tertiary/aromatic N) is 6. The summed E-state index contributed by atoms with van der Waals surface area (Å²) >= 11 is 0. The quantitative estimate of drug-likeness (QED) is 0.226. The molecule has 0 unspecified atom stereocenters. The Kier molecular flexibility index (Phi) is 6.86. The highest BCUT2D eigenvalue weighted by Gasteiger charge is 2.57. The van der Waals surface area contributed by atoms with Crippen molar-refractivity contribution in [2.45, 2.75) is 75.1 Å². The second-order valence-corrected chi connectivity index (χ2v) is 15.6. The first-order valence-electron chi connectivity index (χ1n) is 18.3. The van der Waals surface area contributed by atoms with Crippen molar-refractivity contribution in [3.8, 4) is 28.4 Å². The maximum absolute atomic E-state index is 15.5. The van der Waals surface area contributed by atoms with Gasteiger partial charge in [-0.1, -0.05) is 13.0 Å². The van der Waals surface area contributed by atoms with Gasteiger partial charge in [0.15, 0.2) is 0 Å². The number of aryl methyl sites for hydroxylation is 1. The lowest BCUT2D eigenvalue weighted by Gasteiger charge is -2.32. The predicted molar refractivity (Wildman–Crippen MR) is 189 cm³/mol. The van der Waals surface area contributed by atoms with Crippen molar-refractivity contribution in [3.63, 3.8) is 0 Å². The molecule has 264 valence electrons. The first-order valence-corrected chi connectivity index (χ1v) is 18.3. The lowest BCUT2D eigenvalue weighted by atomic mass is 9.87. The number of benzene rings is 2. The molecule has 2 aliphatic carbocycles. The molecule has 1 saturated carbocycles. The third-order valence-electron chi connectivity index (χ3n) is 12.1. The SMILES string of the molecule is CCc1c(F)ccc2cc3[nH]ncc3c(-c3nccc4c3C3(CC3)c3nc(OC[C@@]56CCCN5C[C@H](F)C6)nc(N5CCOC[C@@](C)(O)C5)c3-4)c12. The lowest BCUT2D eigenvalue weighted by Crippen LogP contribution is -2.44. The average molecular weight is 694 g/mol. The smallest absolute Gasteiger partial charge is 0.318 e. The Morgan fingerprint density at radius 2 is 2.02 bits per heavy atom. The topological polar surface area (TPSA) is 113 Å². The van der Waals surface area contributed by atoms with Crippen LogP contribution in [0.2, 0.25) is 0 Å². The van der Waals surface area contributed by atoms with Crippen LogP contribution in [0.1, 0.15) is 62.8 Å². The monoisotopic (exact) mass is 693 g/mol. The average Bonchev–Trinajstić information content (AvgIpc) is 3.36. The third kappa shape index (κ3) is 4.68. The minimum Gasteiger partial charge on any atom is -0.461 e. The summed E-state index contributed by atoms with van der Waals surface area (Å²) < 4.78 is 42.6. The number of aromatic amines is 1. The summed E-state index contributed by atoms with van der Waals surface area (Å²) in [6, 6.07) is 7.72. The highest BCUT2D eigenvalue weighted by atomic mass is 19.1. The van der Waals surface area contributed by atoms with Crippen LogP contribution in [0.25, 0.3) is 44.1 Å². The normalized spacial score (nSPS) is 26.5. The van der Waals surface area contributed by atoms with Crippen LogP contribution in [-0.2, 0) is 16.6 Å². The van der Waals surface area contributed by atoms with E-state index < -0.39 is 17.2 Å². The van der Waals surface area contributed by atoms with Crippen LogP contribution < -0.4 is 9.64 Å². The van der Waals surface area contributed by atoms with Gasteiger partial charge in [-0.3, -0.25) is 15.0 Å². The molecule has 0 bridgehead atoms. The lowest BCUT2D eigenvalue weighted by molar-refractivity contribution is -0.0123. The maximum atomic E-state index is 15.5. The van der Waals surface area contributed by atoms with Gasteiger partial charge in [-0.15, -0.1) is 0 Å². The molecule has 12 heteroatoms. The van der Waals surface area contributed by atoms with Crippen LogP contribution in [0.15, 0.2) is 36.7 Å². The summed E-state index contributed by atoms with van der Waals surface area (Å²) in [5, 5.41) is 21.5. The van der Waals surface area contributed by atoms with E-state index in [1.807, 2.05) is 37.5 Å². The molecule has 10 nitrogen and oxygen atoms in total. The number of anilines is 1. The zero-order valence-corrected chi connectivity index (χ0v) is 28.9. The van der Waals surface area contributed by atoms with Crippen molar-refractivity contribution in [2.75, 3.05) is 50.9 Å². The fraction of sp³-hybridized carbons (Fsp3) is 0.487. The Labute approximate surface area is 294 Å². The first kappa shape index (κ1) is 31.5. The maximum Gasteiger partial charge on any atom is 0.318 e. The molecular formula is C39H41F2N7O3. The molecule has 51 heavy (non-hydrogen) atoms. The number of alkyl halides is 1. The van der Waals surface area contributed by atoms with Crippen LogP contribution >= 0.6 is 0 Å². The van der Waals surface area contributed by atoms with Crippen molar-refractivity contribution in [1.29, 1.82) is 0 Å². The molecule has 10 rings (SSSR count). The highest BCUT2D eigenvalue weighted by molar-refractivity contribution is 6.13. The largest absolute Gasteiger partial charge is 0.461 e. The molecule has 5 aliphatic rings. The number of H-pyrrole nitrogens is 1. The molecule has 3 aliphatic heterocycles. The molecular weight excluding hydrogens is 652 g/mol. The molecule has 6 heterocycles. The van der Waals surface area contributed by atoms with Gasteiger partial charge in [-0.05, 0) is 91.2 Å². The third-order valence-corrected chi connectivity index (χ3v) is 12.1. The standard InChI is InChI=1S/C39H41F2N7O3/c1-3-24-27(41)6-5-22-15-28-26(17-43-46-28)30(29(22)24)33-32-25(7-11-42-33)31-34(39(32)9-10-39)44-36(45-35(31)47-13-14-50-20-37(2,49)19-47)51-21-38-8-4-12-48(38)18-23(40)16-38/h5-7,11,15,17,23,49H,3-4,8-10,12-14,16,18-21H2,1-2H3,(H,43,46)/t23-,37+,38+/m1/s1. The van der Waals surface area contributed by atoms with Crippen molar-refractivity contribution >= 4 is 27.5 Å². The Morgan fingerprint density at radius 3 is 2.86 bits per heavy atom. The molecule has 2 N–H and O–H groups in total. The molecule has 0 radical (unpaired) electrons. The number of fused-ring (bicyclic) bond motifs is 8. The van der Waals surface area contributed by atoms with Crippen molar-refractivity contribution in [2.24, 2.45) is 0 Å². The van der Waals surface area contributed by atoms with E-state index in [0.29, 0.717) is 57.1 Å². The second-order valence-electron chi connectivity index (χ2n) is 15.6. The second kappa shape index (κ2) is 11.1. The van der Waals surface area contributed by atoms with E-state index in [9.17, 15) is 9.50 Å². The number of β-amino-alcohol motifs (C(OH)–C–C–N with tert-alkyl or cyclic N) is 1. The van der Waals surface area contributed by atoms with E-state index in [0.717, 1.165) is 87.5 Å². The molecule has 0 amide bonds. The summed E-state index contributed by atoms with van der Waals surface area (Å²) in [5.74, 6) is 0.447. The van der Waals surface area contributed by atoms with Crippen LogP contribution in [-0.4, -0.2) is 98.5 Å². The highest BCUT2D eigenvalue weighted by Crippen LogP contribution is 2.65. The predicted octanol–water partition coefficient (Wildman–Crippen LogP) is 5.87. The van der Waals surface area contributed by atoms with Crippen molar-refractivity contribution in [3.05, 3.63) is 59.3 Å². The molecule has 3 atom stereocenters. The van der Waals surface area contributed by atoms with Gasteiger partial charge in [0.2, 0.25) is 0 Å². The number of nitrogens with one attached hydrogen (secondary N) is 1. The van der Waals surface area contributed by atoms with E-state index in [2.05, 4.69) is 20.0 Å². The summed E-state index contributed by atoms with van der Waals surface area (Å²) in [6.07, 6.45) is 7.37.